The average molecular weight is 363 g/mol. The Morgan fingerprint density at radius 3 is 2.32 bits per heavy atom. The topological polar surface area (TPSA) is 20.2 Å². The third-order valence-corrected chi connectivity index (χ3v) is 4.09. The van der Waals surface area contributed by atoms with E-state index in [-0.39, 0.29) is 0 Å². The van der Waals surface area contributed by atoms with Gasteiger partial charge >= 0.3 is 0 Å². The monoisotopic (exact) mass is 362 g/mol. The molecule has 2 aromatic carbocycles. The van der Waals surface area contributed by atoms with Crippen molar-refractivity contribution in [1.29, 1.82) is 0 Å². The molecule has 0 spiro atoms. The molecule has 1 unspecified atom stereocenters. The number of aryl methyl sites for hydroxylation is 1. The predicted octanol–water partition coefficient (Wildman–Crippen LogP) is 6.26. The van der Waals surface area contributed by atoms with Crippen LogP contribution in [0.4, 0.5) is 0 Å². The van der Waals surface area contributed by atoms with Crippen LogP contribution in [0.5, 0.6) is 0 Å². The maximum Gasteiger partial charge on any atom is 0.0793 e. The Balaban J connectivity index is 0.00000116. The van der Waals surface area contributed by atoms with E-state index < -0.39 is 6.10 Å². The van der Waals surface area contributed by atoms with Gasteiger partial charge in [0.2, 0.25) is 0 Å². The Morgan fingerprint density at radius 1 is 1.00 bits per heavy atom. The van der Waals surface area contributed by atoms with Crippen LogP contribution in [-0.2, 0) is 6.42 Å². The highest BCUT2D eigenvalue weighted by Crippen LogP contribution is 2.25. The Kier molecular flexibility index (Phi) is 8.44. The molecule has 2 aromatic rings. The molecule has 0 bridgehead atoms. The van der Waals surface area contributed by atoms with Crippen molar-refractivity contribution in [3.8, 4) is 0 Å². The fourth-order valence-electron chi connectivity index (χ4n) is 2.50. The maximum atomic E-state index is 10.3. The summed E-state index contributed by atoms with van der Waals surface area (Å²) in [4.78, 5) is 0. The highest BCUT2D eigenvalue weighted by atomic mass is 79.9. The van der Waals surface area contributed by atoms with E-state index in [4.69, 9.17) is 0 Å². The number of hydrogen-bond acceptors (Lipinski definition) is 1. The summed E-state index contributed by atoms with van der Waals surface area (Å²) in [6.07, 6.45) is 1.25. The zero-order chi connectivity index (χ0) is 16.5. The third-order valence-electron chi connectivity index (χ3n) is 3.60. The summed E-state index contributed by atoms with van der Waals surface area (Å²) in [5.74, 6) is 0.522. The van der Waals surface area contributed by atoms with Crippen LogP contribution >= 0.6 is 15.9 Å². The van der Waals surface area contributed by atoms with Crippen molar-refractivity contribution >= 4 is 15.9 Å². The number of aliphatic hydroxyl groups is 1. The van der Waals surface area contributed by atoms with Gasteiger partial charge in [0.1, 0.15) is 0 Å². The van der Waals surface area contributed by atoms with Gasteiger partial charge in [0.25, 0.3) is 0 Å². The summed E-state index contributed by atoms with van der Waals surface area (Å²) in [7, 11) is 0. The van der Waals surface area contributed by atoms with Crippen LogP contribution in [0.15, 0.2) is 53.0 Å². The van der Waals surface area contributed by atoms with Crippen LogP contribution in [0.3, 0.4) is 0 Å². The number of aliphatic hydroxyl groups excluding tert-OH is 1. The molecule has 120 valence electrons. The standard InChI is InChI=1S/C18H21BrO.C2H6/c1-13(2)17-9-4-3-6-14(17)10-11-18(20)15-7-5-8-16(19)12-15;1-2/h3-9,12-13,18,20H,10-11H2,1-2H3;1-2H3. The Morgan fingerprint density at radius 2 is 1.68 bits per heavy atom. The van der Waals surface area contributed by atoms with Gasteiger partial charge in [0.15, 0.2) is 0 Å². The van der Waals surface area contributed by atoms with Gasteiger partial charge < -0.3 is 5.11 Å². The smallest absolute Gasteiger partial charge is 0.0793 e. The minimum absolute atomic E-state index is 0.410. The van der Waals surface area contributed by atoms with E-state index >= 15 is 0 Å². The summed E-state index contributed by atoms with van der Waals surface area (Å²) in [6.45, 7) is 8.42. The Bertz CT molecular complexity index is 563. The van der Waals surface area contributed by atoms with Crippen LogP contribution in [0, 0.1) is 0 Å². The van der Waals surface area contributed by atoms with E-state index in [1.165, 1.54) is 11.1 Å². The van der Waals surface area contributed by atoms with Crippen molar-refractivity contribution in [1.82, 2.24) is 0 Å². The molecule has 0 saturated carbocycles. The molecule has 2 rings (SSSR count). The average Bonchev–Trinajstić information content (AvgIpc) is 2.54. The minimum atomic E-state index is -0.410. The number of rotatable bonds is 5. The van der Waals surface area contributed by atoms with Gasteiger partial charge in [-0.2, -0.15) is 0 Å². The van der Waals surface area contributed by atoms with Gasteiger partial charge in [-0.15, -0.1) is 0 Å². The van der Waals surface area contributed by atoms with Crippen LogP contribution in [0.2, 0.25) is 0 Å². The van der Waals surface area contributed by atoms with Crippen molar-refractivity contribution in [2.24, 2.45) is 0 Å². The molecule has 0 aliphatic heterocycles. The first-order valence-corrected chi connectivity index (χ1v) is 8.88. The summed E-state index contributed by atoms with van der Waals surface area (Å²) in [6, 6.07) is 16.4. The van der Waals surface area contributed by atoms with Crippen molar-refractivity contribution in [3.05, 3.63) is 69.7 Å². The van der Waals surface area contributed by atoms with Gasteiger partial charge in [-0.3, -0.25) is 0 Å². The normalized spacial score (nSPS) is 11.8. The molecular formula is C20H27BrO. The van der Waals surface area contributed by atoms with E-state index in [1.807, 2.05) is 38.1 Å². The van der Waals surface area contributed by atoms with E-state index in [2.05, 4.69) is 54.0 Å². The van der Waals surface area contributed by atoms with Gasteiger partial charge in [-0.1, -0.05) is 80.0 Å². The second-order valence-electron chi connectivity index (χ2n) is 5.46. The second kappa shape index (κ2) is 9.81. The summed E-state index contributed by atoms with van der Waals surface area (Å²) in [5.41, 5.74) is 3.70. The summed E-state index contributed by atoms with van der Waals surface area (Å²) in [5, 5.41) is 10.3. The lowest BCUT2D eigenvalue weighted by atomic mass is 9.93. The van der Waals surface area contributed by atoms with E-state index in [0.29, 0.717) is 5.92 Å². The highest BCUT2D eigenvalue weighted by molar-refractivity contribution is 9.10. The van der Waals surface area contributed by atoms with Crippen LogP contribution < -0.4 is 0 Å². The quantitative estimate of drug-likeness (QED) is 0.664. The van der Waals surface area contributed by atoms with Crippen LogP contribution in [0.1, 0.15) is 62.8 Å². The minimum Gasteiger partial charge on any atom is -0.388 e. The Labute approximate surface area is 143 Å². The molecule has 0 heterocycles. The molecule has 0 aliphatic rings. The molecule has 1 atom stereocenters. The lowest BCUT2D eigenvalue weighted by Crippen LogP contribution is -2.02. The summed E-state index contributed by atoms with van der Waals surface area (Å²) >= 11 is 3.45. The van der Waals surface area contributed by atoms with Crippen molar-refractivity contribution < 1.29 is 5.11 Å². The van der Waals surface area contributed by atoms with Crippen molar-refractivity contribution in [2.45, 2.75) is 52.6 Å². The fourth-order valence-corrected chi connectivity index (χ4v) is 2.91. The molecule has 0 saturated heterocycles. The molecule has 0 radical (unpaired) electrons. The lowest BCUT2D eigenvalue weighted by molar-refractivity contribution is 0.167. The van der Waals surface area contributed by atoms with Crippen molar-refractivity contribution in [2.75, 3.05) is 0 Å². The SMILES string of the molecule is CC.CC(C)c1ccccc1CCC(O)c1cccc(Br)c1. The number of halogens is 1. The predicted molar refractivity (Wildman–Crippen MR) is 99.3 cm³/mol. The zero-order valence-electron chi connectivity index (χ0n) is 14.0. The molecule has 0 fully saturated rings. The molecular weight excluding hydrogens is 336 g/mol. The Hall–Kier alpha value is -1.12. The molecule has 2 heteroatoms. The third kappa shape index (κ3) is 5.58. The second-order valence-corrected chi connectivity index (χ2v) is 6.38. The van der Waals surface area contributed by atoms with Crippen LogP contribution in [0.25, 0.3) is 0 Å². The molecule has 0 amide bonds. The van der Waals surface area contributed by atoms with Gasteiger partial charge in [0, 0.05) is 4.47 Å². The first kappa shape index (κ1) is 18.9. The molecule has 1 nitrogen and oxygen atoms in total. The fraction of sp³-hybridized carbons (Fsp3) is 0.400. The van der Waals surface area contributed by atoms with Gasteiger partial charge in [0.05, 0.1) is 6.10 Å². The van der Waals surface area contributed by atoms with E-state index in [1.54, 1.807) is 0 Å². The number of benzene rings is 2. The summed E-state index contributed by atoms with van der Waals surface area (Å²) < 4.78 is 1.01. The first-order chi connectivity index (χ1) is 10.6. The van der Waals surface area contributed by atoms with E-state index in [0.717, 1.165) is 22.9 Å². The lowest BCUT2D eigenvalue weighted by Gasteiger charge is -2.15. The molecule has 22 heavy (non-hydrogen) atoms. The van der Waals surface area contributed by atoms with Crippen LogP contribution in [-0.4, -0.2) is 5.11 Å². The van der Waals surface area contributed by atoms with Gasteiger partial charge in [-0.25, -0.2) is 0 Å². The maximum absolute atomic E-state index is 10.3. The highest BCUT2D eigenvalue weighted by Gasteiger charge is 2.11. The van der Waals surface area contributed by atoms with E-state index in [9.17, 15) is 5.11 Å². The largest absolute Gasteiger partial charge is 0.388 e. The molecule has 0 aliphatic carbocycles. The van der Waals surface area contributed by atoms with Crippen molar-refractivity contribution in [3.63, 3.8) is 0 Å². The van der Waals surface area contributed by atoms with Gasteiger partial charge in [-0.05, 0) is 47.6 Å². The zero-order valence-corrected chi connectivity index (χ0v) is 15.6. The number of hydrogen-bond donors (Lipinski definition) is 1. The first-order valence-electron chi connectivity index (χ1n) is 8.09. The molecule has 1 N–H and O–H groups in total. The molecule has 0 aromatic heterocycles.